The summed E-state index contributed by atoms with van der Waals surface area (Å²) in [4.78, 5) is 9.93. The zero-order valence-corrected chi connectivity index (χ0v) is 6.79. The van der Waals surface area contributed by atoms with Gasteiger partial charge in [0.2, 0.25) is 6.41 Å². The maximum Gasteiger partial charge on any atom is 0.207 e. The lowest BCUT2D eigenvalue weighted by Gasteiger charge is -2.00. The number of hydrogen-bond donors (Lipinski definition) is 2. The van der Waals surface area contributed by atoms with Gasteiger partial charge in [-0.3, -0.25) is 4.79 Å². The van der Waals surface area contributed by atoms with Crippen LogP contribution in [-0.2, 0) is 11.2 Å². The van der Waals surface area contributed by atoms with E-state index in [0.29, 0.717) is 13.0 Å². The van der Waals surface area contributed by atoms with Crippen LogP contribution in [-0.4, -0.2) is 13.0 Å². The third-order valence-electron chi connectivity index (χ3n) is 1.59. The Hall–Kier alpha value is -1.51. The molecule has 0 aliphatic rings. The van der Waals surface area contributed by atoms with E-state index in [1.807, 2.05) is 24.3 Å². The highest BCUT2D eigenvalue weighted by Gasteiger charge is 1.91. The fourth-order valence-corrected chi connectivity index (χ4v) is 1.02. The van der Waals surface area contributed by atoms with Crippen LogP contribution in [0.15, 0.2) is 24.3 Å². The van der Waals surface area contributed by atoms with Gasteiger partial charge in [-0.05, 0) is 24.1 Å². The molecule has 0 radical (unpaired) electrons. The van der Waals surface area contributed by atoms with Crippen molar-refractivity contribution >= 4 is 12.1 Å². The molecule has 0 heterocycles. The Balaban J connectivity index is 2.46. The molecule has 0 atom stereocenters. The van der Waals surface area contributed by atoms with E-state index in [1.165, 1.54) is 0 Å². The lowest BCUT2D eigenvalue weighted by molar-refractivity contribution is -0.109. The second kappa shape index (κ2) is 4.38. The van der Waals surface area contributed by atoms with Gasteiger partial charge >= 0.3 is 0 Å². The molecule has 0 spiro atoms. The number of amides is 1. The van der Waals surface area contributed by atoms with E-state index >= 15 is 0 Å². The van der Waals surface area contributed by atoms with Crippen LogP contribution in [0, 0.1) is 0 Å². The predicted octanol–water partition coefficient (Wildman–Crippen LogP) is 0.557. The van der Waals surface area contributed by atoms with E-state index in [-0.39, 0.29) is 0 Å². The van der Waals surface area contributed by atoms with Crippen LogP contribution in [0.3, 0.4) is 0 Å². The number of carbonyl (C=O) groups excluding carboxylic acids is 1. The average molecular weight is 164 g/mol. The summed E-state index contributed by atoms with van der Waals surface area (Å²) in [5, 5.41) is 2.59. The van der Waals surface area contributed by atoms with Gasteiger partial charge in [0.25, 0.3) is 0 Å². The second-order valence-electron chi connectivity index (χ2n) is 2.57. The molecule has 3 N–H and O–H groups in total. The lowest BCUT2D eigenvalue weighted by atomic mass is 10.1. The van der Waals surface area contributed by atoms with Crippen LogP contribution in [0.1, 0.15) is 5.56 Å². The molecule has 1 rings (SSSR count). The van der Waals surface area contributed by atoms with E-state index in [1.54, 1.807) is 0 Å². The van der Waals surface area contributed by atoms with E-state index in [2.05, 4.69) is 5.32 Å². The Morgan fingerprint density at radius 3 is 3.00 bits per heavy atom. The van der Waals surface area contributed by atoms with Crippen LogP contribution in [0.2, 0.25) is 0 Å². The van der Waals surface area contributed by atoms with E-state index in [4.69, 9.17) is 5.73 Å². The van der Waals surface area contributed by atoms with Crippen molar-refractivity contribution < 1.29 is 4.79 Å². The Morgan fingerprint density at radius 2 is 2.33 bits per heavy atom. The minimum absolute atomic E-state index is 0.660. The van der Waals surface area contributed by atoms with Crippen molar-refractivity contribution in [2.75, 3.05) is 12.3 Å². The Kier molecular flexibility index (Phi) is 3.14. The summed E-state index contributed by atoms with van der Waals surface area (Å²) < 4.78 is 0. The van der Waals surface area contributed by atoms with Gasteiger partial charge in [-0.25, -0.2) is 0 Å². The van der Waals surface area contributed by atoms with Gasteiger partial charge in [0.1, 0.15) is 0 Å². The molecule has 0 aliphatic carbocycles. The third kappa shape index (κ3) is 2.62. The standard InChI is InChI=1S/C9H12N2O/c10-9-3-1-2-8(6-9)4-5-11-7-12/h1-3,6-7H,4-5,10H2,(H,11,12). The van der Waals surface area contributed by atoms with Crippen molar-refractivity contribution in [1.82, 2.24) is 5.32 Å². The summed E-state index contributed by atoms with van der Waals surface area (Å²) in [6.45, 7) is 0.660. The highest BCUT2D eigenvalue weighted by molar-refractivity contribution is 5.46. The van der Waals surface area contributed by atoms with E-state index < -0.39 is 0 Å². The van der Waals surface area contributed by atoms with Crippen molar-refractivity contribution in [3.8, 4) is 0 Å². The number of nitrogens with one attached hydrogen (secondary N) is 1. The molecule has 0 saturated heterocycles. The molecule has 1 amide bonds. The Labute approximate surface area is 71.6 Å². The van der Waals surface area contributed by atoms with Crippen LogP contribution in [0.4, 0.5) is 5.69 Å². The molecule has 1 aromatic rings. The van der Waals surface area contributed by atoms with Gasteiger partial charge < -0.3 is 11.1 Å². The fraction of sp³-hybridized carbons (Fsp3) is 0.222. The largest absolute Gasteiger partial charge is 0.399 e. The number of carbonyl (C=O) groups is 1. The molecular weight excluding hydrogens is 152 g/mol. The fourth-order valence-electron chi connectivity index (χ4n) is 1.02. The molecule has 0 bridgehead atoms. The quantitative estimate of drug-likeness (QED) is 0.388. The summed E-state index contributed by atoms with van der Waals surface area (Å²) >= 11 is 0. The van der Waals surface area contributed by atoms with Crippen molar-refractivity contribution in [2.24, 2.45) is 0 Å². The summed E-state index contributed by atoms with van der Waals surface area (Å²) in [5.41, 5.74) is 7.48. The zero-order valence-electron chi connectivity index (χ0n) is 6.79. The molecule has 64 valence electrons. The topological polar surface area (TPSA) is 55.1 Å². The van der Waals surface area contributed by atoms with Gasteiger partial charge in [0, 0.05) is 12.2 Å². The number of hydrogen-bond acceptors (Lipinski definition) is 2. The molecule has 0 saturated carbocycles. The molecule has 0 aromatic heterocycles. The molecule has 3 nitrogen and oxygen atoms in total. The van der Waals surface area contributed by atoms with Crippen LogP contribution >= 0.6 is 0 Å². The summed E-state index contributed by atoms with van der Waals surface area (Å²) in [6.07, 6.45) is 1.52. The predicted molar refractivity (Wildman–Crippen MR) is 48.6 cm³/mol. The number of benzene rings is 1. The minimum atomic E-state index is 0.660. The smallest absolute Gasteiger partial charge is 0.207 e. The molecule has 12 heavy (non-hydrogen) atoms. The summed E-state index contributed by atoms with van der Waals surface area (Å²) in [6, 6.07) is 7.65. The van der Waals surface area contributed by atoms with Crippen LogP contribution in [0.25, 0.3) is 0 Å². The first-order chi connectivity index (χ1) is 5.83. The SMILES string of the molecule is Nc1cccc(CCNC=O)c1. The lowest BCUT2D eigenvalue weighted by Crippen LogP contribution is -2.14. The number of nitrogens with two attached hydrogens (primary N) is 1. The number of rotatable bonds is 4. The molecule has 0 fully saturated rings. The summed E-state index contributed by atoms with van der Waals surface area (Å²) in [7, 11) is 0. The van der Waals surface area contributed by atoms with E-state index in [9.17, 15) is 4.79 Å². The first kappa shape index (κ1) is 8.59. The molecular formula is C9H12N2O. The van der Waals surface area contributed by atoms with Gasteiger partial charge in [-0.15, -0.1) is 0 Å². The Morgan fingerprint density at radius 1 is 1.50 bits per heavy atom. The first-order valence-corrected chi connectivity index (χ1v) is 3.84. The number of anilines is 1. The number of nitrogen functional groups attached to an aromatic ring is 1. The van der Waals surface area contributed by atoms with Crippen molar-refractivity contribution in [1.29, 1.82) is 0 Å². The highest BCUT2D eigenvalue weighted by atomic mass is 16.1. The maximum absolute atomic E-state index is 9.93. The Bertz CT molecular complexity index is 260. The molecule has 1 aromatic carbocycles. The van der Waals surface area contributed by atoms with Gasteiger partial charge in [-0.2, -0.15) is 0 Å². The molecule has 0 aliphatic heterocycles. The van der Waals surface area contributed by atoms with Gasteiger partial charge in [0.15, 0.2) is 0 Å². The van der Waals surface area contributed by atoms with Gasteiger partial charge in [0.05, 0.1) is 0 Å². The normalized spacial score (nSPS) is 9.33. The second-order valence-corrected chi connectivity index (χ2v) is 2.57. The van der Waals surface area contributed by atoms with Crippen LogP contribution in [0.5, 0.6) is 0 Å². The van der Waals surface area contributed by atoms with Crippen molar-refractivity contribution in [2.45, 2.75) is 6.42 Å². The molecule has 3 heteroatoms. The van der Waals surface area contributed by atoms with Crippen molar-refractivity contribution in [3.05, 3.63) is 29.8 Å². The van der Waals surface area contributed by atoms with Crippen molar-refractivity contribution in [3.63, 3.8) is 0 Å². The zero-order chi connectivity index (χ0) is 8.81. The average Bonchev–Trinajstić information content (AvgIpc) is 2.05. The maximum atomic E-state index is 9.93. The van der Waals surface area contributed by atoms with E-state index in [0.717, 1.165) is 17.7 Å². The highest BCUT2D eigenvalue weighted by Crippen LogP contribution is 2.06. The molecule has 0 unspecified atom stereocenters. The third-order valence-corrected chi connectivity index (χ3v) is 1.59. The van der Waals surface area contributed by atoms with Crippen LogP contribution < -0.4 is 11.1 Å². The monoisotopic (exact) mass is 164 g/mol. The van der Waals surface area contributed by atoms with Gasteiger partial charge in [-0.1, -0.05) is 12.1 Å². The minimum Gasteiger partial charge on any atom is -0.399 e. The summed E-state index contributed by atoms with van der Waals surface area (Å²) in [5.74, 6) is 0. The first-order valence-electron chi connectivity index (χ1n) is 3.84.